The number of non-ortho nitro benzene ring substituents is 1. The molecule has 1 aromatic heterocycles. The summed E-state index contributed by atoms with van der Waals surface area (Å²) in [5.41, 5.74) is 0.807. The average molecular weight is 229 g/mol. The quantitative estimate of drug-likeness (QED) is 0.599. The highest BCUT2D eigenvalue weighted by Gasteiger charge is 2.16. The maximum atomic E-state index is 10.9. The molecule has 5 heteroatoms. The Kier molecular flexibility index (Phi) is 2.79. The zero-order valence-corrected chi connectivity index (χ0v) is 9.33. The van der Waals surface area contributed by atoms with E-state index >= 15 is 0 Å². The van der Waals surface area contributed by atoms with Crippen LogP contribution in [0.2, 0.25) is 0 Å². The third kappa shape index (κ3) is 1.74. The minimum absolute atomic E-state index is 0.0778. The van der Waals surface area contributed by atoms with Gasteiger partial charge in [0.05, 0.1) is 21.9 Å². The van der Waals surface area contributed by atoms with Crippen LogP contribution in [-0.4, -0.2) is 9.49 Å². The number of rotatable bonds is 3. The van der Waals surface area contributed by atoms with Gasteiger partial charge in [-0.1, -0.05) is 13.0 Å². The second-order valence-corrected chi connectivity index (χ2v) is 3.74. The Morgan fingerprint density at radius 3 is 2.88 bits per heavy atom. The van der Waals surface area contributed by atoms with Gasteiger partial charge in [-0.2, -0.15) is 5.26 Å². The molecule has 0 aliphatic heterocycles. The number of benzene rings is 1. The first-order valence-corrected chi connectivity index (χ1v) is 5.32. The fourth-order valence-corrected chi connectivity index (χ4v) is 1.95. The predicted molar refractivity (Wildman–Crippen MR) is 63.5 cm³/mol. The summed E-state index contributed by atoms with van der Waals surface area (Å²) in [5.74, 6) is 0. The smallest absolute Gasteiger partial charge is 0.278 e. The first-order valence-electron chi connectivity index (χ1n) is 5.32. The van der Waals surface area contributed by atoms with Crippen LogP contribution in [-0.2, 0) is 0 Å². The van der Waals surface area contributed by atoms with Crippen molar-refractivity contribution in [3.63, 3.8) is 0 Å². The fourth-order valence-electron chi connectivity index (χ4n) is 1.95. The molecule has 17 heavy (non-hydrogen) atoms. The highest BCUT2D eigenvalue weighted by atomic mass is 16.6. The molecule has 0 N–H and O–H groups in total. The predicted octanol–water partition coefficient (Wildman–Crippen LogP) is 3.02. The Hall–Kier alpha value is -2.35. The number of hydrogen-bond donors (Lipinski definition) is 0. The first kappa shape index (κ1) is 11.1. The number of nitrogens with zero attached hydrogens (tertiary/aromatic N) is 3. The van der Waals surface area contributed by atoms with Crippen LogP contribution < -0.4 is 0 Å². The third-order valence-corrected chi connectivity index (χ3v) is 2.81. The highest BCUT2D eigenvalue weighted by molar-refractivity contribution is 5.89. The summed E-state index contributed by atoms with van der Waals surface area (Å²) < 4.78 is 1.78. The highest BCUT2D eigenvalue weighted by Crippen LogP contribution is 2.28. The molecular weight excluding hydrogens is 218 g/mol. The Bertz CT molecular complexity index is 610. The van der Waals surface area contributed by atoms with Crippen molar-refractivity contribution in [3.05, 3.63) is 40.6 Å². The number of nitro benzene ring substituents is 1. The molecule has 0 fully saturated rings. The van der Waals surface area contributed by atoms with E-state index in [1.165, 1.54) is 6.07 Å². The van der Waals surface area contributed by atoms with Crippen LogP contribution in [0, 0.1) is 21.4 Å². The first-order chi connectivity index (χ1) is 8.19. The number of hydrogen-bond acceptors (Lipinski definition) is 3. The lowest BCUT2D eigenvalue weighted by Gasteiger charge is -2.09. The van der Waals surface area contributed by atoms with Crippen molar-refractivity contribution in [1.29, 1.82) is 5.26 Å². The summed E-state index contributed by atoms with van der Waals surface area (Å²) in [5, 5.41) is 20.5. The maximum absolute atomic E-state index is 10.9. The van der Waals surface area contributed by atoms with Crippen LogP contribution in [0.15, 0.2) is 30.5 Å². The molecule has 0 saturated carbocycles. The van der Waals surface area contributed by atoms with Crippen LogP contribution in [0.3, 0.4) is 0 Å². The van der Waals surface area contributed by atoms with Gasteiger partial charge in [-0.25, -0.2) is 0 Å². The number of nitro groups is 1. The van der Waals surface area contributed by atoms with E-state index in [1.807, 2.05) is 6.92 Å². The Morgan fingerprint density at radius 1 is 1.53 bits per heavy atom. The Morgan fingerprint density at radius 2 is 2.29 bits per heavy atom. The molecule has 0 amide bonds. The van der Waals surface area contributed by atoms with Gasteiger partial charge in [-0.15, -0.1) is 0 Å². The van der Waals surface area contributed by atoms with E-state index in [4.69, 9.17) is 5.26 Å². The molecule has 0 saturated heterocycles. The van der Waals surface area contributed by atoms with Gasteiger partial charge in [0.25, 0.3) is 5.69 Å². The standard InChI is InChI=1S/C12H11N3O2/c1-2-9(8-13)14-7-6-10-11(14)4-3-5-12(10)15(16)17/h3-7,9H,2H2,1H3. The lowest BCUT2D eigenvalue weighted by Crippen LogP contribution is -2.03. The van der Waals surface area contributed by atoms with Crippen LogP contribution >= 0.6 is 0 Å². The Balaban J connectivity index is 2.67. The molecule has 2 rings (SSSR count). The van der Waals surface area contributed by atoms with E-state index < -0.39 is 4.92 Å². The number of fused-ring (bicyclic) bond motifs is 1. The molecule has 0 aliphatic carbocycles. The molecule has 5 nitrogen and oxygen atoms in total. The summed E-state index contributed by atoms with van der Waals surface area (Å²) in [6.07, 6.45) is 2.40. The molecule has 1 aromatic carbocycles. The number of nitriles is 1. The molecule has 86 valence electrons. The molecule has 1 unspecified atom stereocenters. The normalized spacial score (nSPS) is 12.2. The van der Waals surface area contributed by atoms with Gasteiger partial charge in [-0.05, 0) is 18.6 Å². The molecule has 0 spiro atoms. The third-order valence-electron chi connectivity index (χ3n) is 2.81. The average Bonchev–Trinajstić information content (AvgIpc) is 2.74. The molecular formula is C12H11N3O2. The van der Waals surface area contributed by atoms with Crippen molar-refractivity contribution in [3.8, 4) is 6.07 Å². The van der Waals surface area contributed by atoms with E-state index in [9.17, 15) is 10.1 Å². The van der Waals surface area contributed by atoms with Crippen molar-refractivity contribution in [2.75, 3.05) is 0 Å². The largest absolute Gasteiger partial charge is 0.331 e. The van der Waals surface area contributed by atoms with Crippen molar-refractivity contribution in [1.82, 2.24) is 4.57 Å². The topological polar surface area (TPSA) is 71.9 Å². The van der Waals surface area contributed by atoms with E-state index in [0.29, 0.717) is 11.8 Å². The molecule has 0 aliphatic rings. The minimum Gasteiger partial charge on any atom is -0.331 e. The summed E-state index contributed by atoms with van der Waals surface area (Å²) in [7, 11) is 0. The van der Waals surface area contributed by atoms with E-state index in [1.54, 1.807) is 29.0 Å². The fraction of sp³-hybridized carbons (Fsp3) is 0.250. The second-order valence-electron chi connectivity index (χ2n) is 3.74. The van der Waals surface area contributed by atoms with Crippen LogP contribution in [0.5, 0.6) is 0 Å². The summed E-state index contributed by atoms with van der Waals surface area (Å²) >= 11 is 0. The van der Waals surface area contributed by atoms with E-state index in [0.717, 1.165) is 5.52 Å². The molecule has 1 atom stereocenters. The van der Waals surface area contributed by atoms with Crippen LogP contribution in [0.1, 0.15) is 19.4 Å². The molecule has 0 bridgehead atoms. The number of aromatic nitrogens is 1. The van der Waals surface area contributed by atoms with Gasteiger partial charge in [0.1, 0.15) is 6.04 Å². The van der Waals surface area contributed by atoms with Crippen molar-refractivity contribution >= 4 is 16.6 Å². The van der Waals surface area contributed by atoms with Gasteiger partial charge in [0.15, 0.2) is 0 Å². The minimum atomic E-state index is -0.403. The lowest BCUT2D eigenvalue weighted by molar-refractivity contribution is -0.383. The summed E-state index contributed by atoms with van der Waals surface area (Å²) in [6, 6.07) is 8.50. The maximum Gasteiger partial charge on any atom is 0.278 e. The van der Waals surface area contributed by atoms with E-state index in [-0.39, 0.29) is 11.7 Å². The zero-order chi connectivity index (χ0) is 12.4. The van der Waals surface area contributed by atoms with Crippen molar-refractivity contribution < 1.29 is 4.92 Å². The summed E-state index contributed by atoms with van der Waals surface area (Å²) in [6.45, 7) is 1.91. The van der Waals surface area contributed by atoms with Gasteiger partial charge < -0.3 is 4.57 Å². The zero-order valence-electron chi connectivity index (χ0n) is 9.33. The van der Waals surface area contributed by atoms with Gasteiger partial charge in [-0.3, -0.25) is 10.1 Å². The molecule has 2 aromatic rings. The SMILES string of the molecule is CCC(C#N)n1ccc2c([N+](=O)[O-])cccc21. The van der Waals surface area contributed by atoms with E-state index in [2.05, 4.69) is 6.07 Å². The van der Waals surface area contributed by atoms with Gasteiger partial charge in [0.2, 0.25) is 0 Å². The molecule has 0 radical (unpaired) electrons. The monoisotopic (exact) mass is 229 g/mol. The van der Waals surface area contributed by atoms with Crippen molar-refractivity contribution in [2.45, 2.75) is 19.4 Å². The molecule has 1 heterocycles. The lowest BCUT2D eigenvalue weighted by atomic mass is 10.2. The Labute approximate surface area is 98.0 Å². The summed E-state index contributed by atoms with van der Waals surface area (Å²) in [4.78, 5) is 10.5. The van der Waals surface area contributed by atoms with Crippen LogP contribution in [0.4, 0.5) is 5.69 Å². The van der Waals surface area contributed by atoms with Crippen molar-refractivity contribution in [2.24, 2.45) is 0 Å². The van der Waals surface area contributed by atoms with Gasteiger partial charge >= 0.3 is 0 Å². The van der Waals surface area contributed by atoms with Crippen LogP contribution in [0.25, 0.3) is 10.9 Å². The second kappa shape index (κ2) is 4.26. The van der Waals surface area contributed by atoms with Gasteiger partial charge in [0, 0.05) is 12.3 Å².